The quantitative estimate of drug-likeness (QED) is 0.142. The molecule has 0 aliphatic heterocycles. The molecule has 0 aromatic heterocycles. The van der Waals surface area contributed by atoms with Crippen LogP contribution in [0.1, 0.15) is 13.7 Å². The zero-order chi connectivity index (χ0) is 38.9. The number of fused-ring (bicyclic) bond motifs is 4. The molecule has 0 aliphatic carbocycles. The van der Waals surface area contributed by atoms with E-state index in [-0.39, 0.29) is 59.5 Å². The van der Waals surface area contributed by atoms with E-state index in [9.17, 15) is 0 Å². The van der Waals surface area contributed by atoms with E-state index in [4.69, 9.17) is 13.7 Å². The van der Waals surface area contributed by atoms with Crippen molar-refractivity contribution in [3.63, 3.8) is 0 Å². The molecule has 0 atom stereocenters. The molecular formula is C46H28. The minimum Gasteiger partial charge on any atom is -0.0622 e. The summed E-state index contributed by atoms with van der Waals surface area (Å²) in [6.45, 7) is 0. The predicted molar refractivity (Wildman–Crippen MR) is 199 cm³/mol. The summed E-state index contributed by atoms with van der Waals surface area (Å²) in [5.74, 6) is 0. The van der Waals surface area contributed by atoms with Crippen molar-refractivity contribution in [3.8, 4) is 33.4 Å². The normalized spacial score (nSPS) is 15.0. The smallest absolute Gasteiger partial charge is 0.0622 e. The molecule has 0 amide bonds. The second-order valence-corrected chi connectivity index (χ2v) is 11.7. The van der Waals surface area contributed by atoms with Gasteiger partial charge in [0.25, 0.3) is 0 Å². The van der Waals surface area contributed by atoms with E-state index in [1.165, 1.54) is 0 Å². The van der Waals surface area contributed by atoms with Crippen LogP contribution < -0.4 is 0 Å². The molecule has 46 heavy (non-hydrogen) atoms. The van der Waals surface area contributed by atoms with Crippen molar-refractivity contribution in [2.24, 2.45) is 0 Å². The number of hydrogen-bond acceptors (Lipinski definition) is 0. The van der Waals surface area contributed by atoms with E-state index in [1.807, 2.05) is 84.9 Å². The first-order valence-corrected chi connectivity index (χ1v) is 15.2. The van der Waals surface area contributed by atoms with E-state index < -0.39 is 12.1 Å². The van der Waals surface area contributed by atoms with Crippen molar-refractivity contribution >= 4 is 64.6 Å². The second-order valence-electron chi connectivity index (χ2n) is 11.7. The Balaban J connectivity index is 1.33. The first-order chi connectivity index (χ1) is 27.0. The Morgan fingerprint density at radius 2 is 0.891 bits per heavy atom. The lowest BCUT2D eigenvalue weighted by atomic mass is 9.82. The Labute approximate surface area is 281 Å². The van der Waals surface area contributed by atoms with Crippen molar-refractivity contribution in [1.82, 2.24) is 0 Å². The van der Waals surface area contributed by atoms with Gasteiger partial charge in [0.1, 0.15) is 0 Å². The van der Waals surface area contributed by atoms with Crippen LogP contribution in [0.5, 0.6) is 0 Å². The molecule has 10 rings (SSSR count). The summed E-state index contributed by atoms with van der Waals surface area (Å²) in [7, 11) is 0. The standard InChI is InChI=1S/C46H28/c1-3-11-29(12-4-1)36-24-22-32-19-20-33-27-35(28-34-23-25-40(36)44(32)42(33)34)45-39-18-10-9-17-38(39)43(31-14-5-2-6-15-31)41-26-21-30-13-7-8-16-37(30)46(41)45/h1-28H/i1D,2D,3D,4D,5D,6D,11D,12D,14D,15D. The van der Waals surface area contributed by atoms with Gasteiger partial charge < -0.3 is 0 Å². The predicted octanol–water partition coefficient (Wildman–Crippen LogP) is 13.0. The second kappa shape index (κ2) is 9.76. The SMILES string of the molecule is [2H]c1c([2H])c([2H])c(-c2c3ccccc3c(-c3cc4ccc5ccc(-c6c([2H])c([2H])c([2H])c([2H])c6[2H])c6ccc(c3)c4c56)c3c2ccc2ccccc23)c([2H])c1[2H]. The molecule has 0 radical (unpaired) electrons. The summed E-state index contributed by atoms with van der Waals surface area (Å²) in [5, 5.41) is 10.9. The van der Waals surface area contributed by atoms with Crippen LogP contribution in [0.15, 0.2) is 170 Å². The average molecular weight is 591 g/mol. The topological polar surface area (TPSA) is 0 Å². The fourth-order valence-electron chi connectivity index (χ4n) is 7.46. The third-order valence-electron chi connectivity index (χ3n) is 9.32. The maximum atomic E-state index is 9.01. The van der Waals surface area contributed by atoms with Gasteiger partial charge in [-0.15, -0.1) is 0 Å². The summed E-state index contributed by atoms with van der Waals surface area (Å²) in [6.07, 6.45) is 0. The van der Waals surface area contributed by atoms with E-state index in [2.05, 4.69) is 24.3 Å². The molecule has 0 saturated carbocycles. The molecular weight excluding hydrogens is 553 g/mol. The summed E-state index contributed by atoms with van der Waals surface area (Å²) < 4.78 is 85.7. The number of hydrogen-bond donors (Lipinski definition) is 0. The lowest BCUT2D eigenvalue weighted by Gasteiger charge is -2.20. The van der Waals surface area contributed by atoms with Gasteiger partial charge in [-0.3, -0.25) is 0 Å². The van der Waals surface area contributed by atoms with Crippen LogP contribution in [0, 0.1) is 0 Å². The van der Waals surface area contributed by atoms with Crippen molar-refractivity contribution in [2.45, 2.75) is 0 Å². The van der Waals surface area contributed by atoms with Gasteiger partial charge in [0, 0.05) is 0 Å². The van der Waals surface area contributed by atoms with Gasteiger partial charge in [-0.05, 0) is 110 Å². The highest BCUT2D eigenvalue weighted by molar-refractivity contribution is 6.30. The lowest BCUT2D eigenvalue weighted by Crippen LogP contribution is -1.93. The van der Waals surface area contributed by atoms with Crippen LogP contribution >= 0.6 is 0 Å². The molecule has 0 aliphatic rings. The highest BCUT2D eigenvalue weighted by Crippen LogP contribution is 2.48. The van der Waals surface area contributed by atoms with E-state index in [1.54, 1.807) is 0 Å². The summed E-state index contributed by atoms with van der Waals surface area (Å²) >= 11 is 0. The van der Waals surface area contributed by atoms with Crippen LogP contribution in [0.4, 0.5) is 0 Å². The molecule has 0 bridgehead atoms. The minimum atomic E-state index is -0.436. The summed E-state index contributed by atoms with van der Waals surface area (Å²) in [5.41, 5.74) is 3.36. The Kier molecular flexibility index (Phi) is 3.71. The van der Waals surface area contributed by atoms with Gasteiger partial charge in [-0.1, -0.05) is 157 Å². The minimum absolute atomic E-state index is 0.157. The Hall–Kier alpha value is -5.98. The van der Waals surface area contributed by atoms with Crippen LogP contribution in [-0.4, -0.2) is 0 Å². The monoisotopic (exact) mass is 590 g/mol. The molecule has 0 heteroatoms. The molecule has 0 unspecified atom stereocenters. The van der Waals surface area contributed by atoms with Crippen molar-refractivity contribution in [2.75, 3.05) is 0 Å². The average Bonchev–Trinajstić information content (AvgIpc) is 3.22. The third kappa shape index (κ3) is 3.62. The molecule has 0 nitrogen and oxygen atoms in total. The fraction of sp³-hybridized carbons (Fsp3) is 0. The van der Waals surface area contributed by atoms with Crippen LogP contribution in [0.2, 0.25) is 0 Å². The van der Waals surface area contributed by atoms with Crippen molar-refractivity contribution in [1.29, 1.82) is 0 Å². The molecule has 0 saturated heterocycles. The molecule has 0 spiro atoms. The van der Waals surface area contributed by atoms with Crippen LogP contribution in [-0.2, 0) is 0 Å². The van der Waals surface area contributed by atoms with Crippen molar-refractivity contribution < 1.29 is 13.7 Å². The molecule has 10 aromatic rings. The lowest BCUT2D eigenvalue weighted by molar-refractivity contribution is 1.66. The zero-order valence-electron chi connectivity index (χ0n) is 34.4. The van der Waals surface area contributed by atoms with Gasteiger partial charge in [0.05, 0.1) is 13.7 Å². The first-order valence-electron chi connectivity index (χ1n) is 20.2. The van der Waals surface area contributed by atoms with E-state index >= 15 is 0 Å². The van der Waals surface area contributed by atoms with Gasteiger partial charge in [0.15, 0.2) is 0 Å². The fourth-order valence-corrected chi connectivity index (χ4v) is 7.46. The van der Waals surface area contributed by atoms with Gasteiger partial charge in [-0.2, -0.15) is 0 Å². The van der Waals surface area contributed by atoms with Crippen molar-refractivity contribution in [3.05, 3.63) is 170 Å². The highest BCUT2D eigenvalue weighted by atomic mass is 14.2. The van der Waals surface area contributed by atoms with E-state index in [0.29, 0.717) is 11.1 Å². The zero-order valence-corrected chi connectivity index (χ0v) is 24.4. The molecule has 0 N–H and O–H groups in total. The first kappa shape index (κ1) is 17.5. The molecule has 0 fully saturated rings. The van der Waals surface area contributed by atoms with Crippen LogP contribution in [0.3, 0.4) is 0 Å². The Bertz CT molecular complexity index is 3290. The largest absolute Gasteiger partial charge is 0.0629 e. The highest BCUT2D eigenvalue weighted by Gasteiger charge is 2.20. The maximum Gasteiger partial charge on any atom is 0.0629 e. The van der Waals surface area contributed by atoms with E-state index in [0.717, 1.165) is 75.8 Å². The molecule has 0 heterocycles. The number of benzene rings is 10. The summed E-state index contributed by atoms with van der Waals surface area (Å²) in [6, 6.07) is 32.8. The maximum absolute atomic E-state index is 9.01. The Morgan fingerprint density at radius 3 is 1.65 bits per heavy atom. The Morgan fingerprint density at radius 1 is 0.326 bits per heavy atom. The number of rotatable bonds is 3. The summed E-state index contributed by atoms with van der Waals surface area (Å²) in [4.78, 5) is 0. The molecule has 212 valence electrons. The third-order valence-corrected chi connectivity index (χ3v) is 9.32. The van der Waals surface area contributed by atoms with Gasteiger partial charge >= 0.3 is 0 Å². The molecule has 10 aromatic carbocycles. The van der Waals surface area contributed by atoms with Gasteiger partial charge in [-0.25, -0.2) is 0 Å². The van der Waals surface area contributed by atoms with Crippen LogP contribution in [0.25, 0.3) is 98.0 Å². The van der Waals surface area contributed by atoms with Gasteiger partial charge in [0.2, 0.25) is 0 Å².